The zero-order chi connectivity index (χ0) is 23.5. The summed E-state index contributed by atoms with van der Waals surface area (Å²) in [5.74, 6) is 1.36. The number of hydrogen-bond acceptors (Lipinski definition) is 4. The molecule has 1 aromatic carbocycles. The third-order valence-corrected chi connectivity index (χ3v) is 7.34. The first-order chi connectivity index (χ1) is 17.1. The van der Waals surface area contributed by atoms with Crippen molar-refractivity contribution < 1.29 is 4.79 Å². The van der Waals surface area contributed by atoms with Gasteiger partial charge in [0, 0.05) is 29.5 Å². The second-order valence-electron chi connectivity index (χ2n) is 9.62. The van der Waals surface area contributed by atoms with Crippen LogP contribution in [-0.4, -0.2) is 30.1 Å². The summed E-state index contributed by atoms with van der Waals surface area (Å²) < 4.78 is 4.01. The van der Waals surface area contributed by atoms with E-state index < -0.39 is 0 Å². The maximum Gasteiger partial charge on any atom is 0.229 e. The highest BCUT2D eigenvalue weighted by atomic mass is 35.5. The molecule has 2 aliphatic carbocycles. The minimum atomic E-state index is -0.0703. The standard InChI is InChI=1S/C27H23ClN6O/c28-19-3-1-2-17(10-19)21-11-22(21)27(35)32-26-23-12-30-34(24(23)8-9-29-26)15-20-14-33-13-18(16-4-5-16)6-7-25(33)31-20/h1-3,6-10,12-14,16,21-22H,4-5,11,15H2,(H,29,32,35). The van der Waals surface area contributed by atoms with Crippen molar-refractivity contribution in [1.29, 1.82) is 0 Å². The lowest BCUT2D eigenvalue weighted by Crippen LogP contribution is -2.15. The van der Waals surface area contributed by atoms with Gasteiger partial charge in [-0.1, -0.05) is 29.8 Å². The number of imidazole rings is 1. The summed E-state index contributed by atoms with van der Waals surface area (Å²) >= 11 is 6.12. The minimum Gasteiger partial charge on any atom is -0.310 e. The Hall–Kier alpha value is -3.71. The molecule has 4 heterocycles. The quantitative estimate of drug-likeness (QED) is 0.351. The molecule has 2 unspecified atom stereocenters. The van der Waals surface area contributed by atoms with Crippen LogP contribution in [0.15, 0.2) is 67.3 Å². The van der Waals surface area contributed by atoms with Crippen LogP contribution in [-0.2, 0) is 11.3 Å². The topological polar surface area (TPSA) is 77.1 Å². The smallest absolute Gasteiger partial charge is 0.229 e. The molecule has 174 valence electrons. The molecule has 0 bridgehead atoms. The highest BCUT2D eigenvalue weighted by Gasteiger charge is 2.44. The molecule has 0 spiro atoms. The Balaban J connectivity index is 1.10. The van der Waals surface area contributed by atoms with E-state index in [1.807, 2.05) is 35.0 Å². The van der Waals surface area contributed by atoms with Gasteiger partial charge in [-0.2, -0.15) is 5.10 Å². The van der Waals surface area contributed by atoms with Crippen LogP contribution in [0, 0.1) is 5.92 Å². The van der Waals surface area contributed by atoms with E-state index in [4.69, 9.17) is 16.6 Å². The molecule has 2 fully saturated rings. The van der Waals surface area contributed by atoms with Gasteiger partial charge in [-0.25, -0.2) is 9.97 Å². The van der Waals surface area contributed by atoms with Crippen LogP contribution >= 0.6 is 11.6 Å². The van der Waals surface area contributed by atoms with Gasteiger partial charge >= 0.3 is 0 Å². The Labute approximate surface area is 206 Å². The van der Waals surface area contributed by atoms with Gasteiger partial charge in [-0.15, -0.1) is 0 Å². The number of aromatic nitrogens is 5. The predicted molar refractivity (Wildman–Crippen MR) is 135 cm³/mol. The Morgan fingerprint density at radius 3 is 2.89 bits per heavy atom. The normalized spacial score (nSPS) is 19.3. The maximum absolute atomic E-state index is 12.9. The average Bonchev–Trinajstić information content (AvgIpc) is 3.78. The molecule has 2 saturated carbocycles. The summed E-state index contributed by atoms with van der Waals surface area (Å²) in [5.41, 5.74) is 5.27. The molecular formula is C27H23ClN6O. The molecule has 0 aliphatic heterocycles. The van der Waals surface area contributed by atoms with Crippen LogP contribution in [0.1, 0.15) is 47.9 Å². The predicted octanol–water partition coefficient (Wildman–Crippen LogP) is 5.40. The fourth-order valence-electron chi connectivity index (χ4n) is 4.98. The van der Waals surface area contributed by atoms with Crippen molar-refractivity contribution in [3.63, 3.8) is 0 Å². The third kappa shape index (κ3) is 3.86. The van der Waals surface area contributed by atoms with Crippen LogP contribution in [0.4, 0.5) is 5.82 Å². The number of halogens is 1. The zero-order valence-corrected chi connectivity index (χ0v) is 19.7. The van der Waals surface area contributed by atoms with Crippen molar-refractivity contribution in [3.05, 3.63) is 89.1 Å². The highest BCUT2D eigenvalue weighted by molar-refractivity contribution is 6.30. The molecule has 2 aliphatic rings. The number of amides is 1. The number of pyridine rings is 2. The van der Waals surface area contributed by atoms with Gasteiger partial charge in [0.25, 0.3) is 0 Å². The second-order valence-corrected chi connectivity index (χ2v) is 10.1. The Bertz CT molecular complexity index is 1600. The number of benzene rings is 1. The SMILES string of the molecule is O=C(Nc1nccc2c1cnn2Cc1cn2cc(C3CC3)ccc2n1)C1CC1c1cccc(Cl)c1. The van der Waals surface area contributed by atoms with Crippen molar-refractivity contribution in [2.45, 2.75) is 37.6 Å². The number of rotatable bonds is 6. The van der Waals surface area contributed by atoms with Crippen LogP contribution in [0.3, 0.4) is 0 Å². The van der Waals surface area contributed by atoms with Crippen LogP contribution in [0.2, 0.25) is 5.02 Å². The first-order valence-corrected chi connectivity index (χ1v) is 12.3. The highest BCUT2D eigenvalue weighted by Crippen LogP contribution is 2.48. The third-order valence-electron chi connectivity index (χ3n) is 7.10. The Kier molecular flexibility index (Phi) is 4.67. The van der Waals surface area contributed by atoms with E-state index in [2.05, 4.69) is 44.3 Å². The largest absolute Gasteiger partial charge is 0.310 e. The summed E-state index contributed by atoms with van der Waals surface area (Å²) in [6.45, 7) is 0.542. The lowest BCUT2D eigenvalue weighted by Gasteiger charge is -2.06. The monoisotopic (exact) mass is 482 g/mol. The zero-order valence-electron chi connectivity index (χ0n) is 18.9. The van der Waals surface area contributed by atoms with Crippen LogP contribution in [0.5, 0.6) is 0 Å². The van der Waals surface area contributed by atoms with Gasteiger partial charge in [0.05, 0.1) is 29.3 Å². The Morgan fingerprint density at radius 1 is 1.11 bits per heavy atom. The first kappa shape index (κ1) is 20.6. The van der Waals surface area contributed by atoms with Gasteiger partial charge in [-0.05, 0) is 66.5 Å². The maximum atomic E-state index is 12.9. The molecule has 2 atom stereocenters. The first-order valence-electron chi connectivity index (χ1n) is 12.0. The van der Waals surface area contributed by atoms with E-state index in [0.717, 1.165) is 34.2 Å². The fourth-order valence-corrected chi connectivity index (χ4v) is 5.18. The van der Waals surface area contributed by atoms with Crippen molar-refractivity contribution >= 4 is 39.9 Å². The van der Waals surface area contributed by atoms with Crippen LogP contribution < -0.4 is 5.32 Å². The number of carbonyl (C=O) groups is 1. The number of anilines is 1. The molecule has 1 amide bonds. The molecule has 1 N–H and O–H groups in total. The molecule has 4 aromatic heterocycles. The van der Waals surface area contributed by atoms with E-state index in [1.54, 1.807) is 12.4 Å². The number of fused-ring (bicyclic) bond motifs is 2. The molecule has 7 rings (SSSR count). The minimum absolute atomic E-state index is 0.0189. The van der Waals surface area contributed by atoms with E-state index in [-0.39, 0.29) is 17.7 Å². The lowest BCUT2D eigenvalue weighted by molar-refractivity contribution is -0.117. The van der Waals surface area contributed by atoms with Gasteiger partial charge in [-0.3, -0.25) is 9.48 Å². The second kappa shape index (κ2) is 7.92. The van der Waals surface area contributed by atoms with Crippen molar-refractivity contribution in [1.82, 2.24) is 24.1 Å². The molecule has 0 saturated heterocycles. The number of carbonyl (C=O) groups excluding carboxylic acids is 1. The molecule has 35 heavy (non-hydrogen) atoms. The van der Waals surface area contributed by atoms with Gasteiger partial charge in [0.2, 0.25) is 5.91 Å². The number of nitrogens with zero attached hydrogens (tertiary/aromatic N) is 5. The Morgan fingerprint density at radius 2 is 2.03 bits per heavy atom. The van der Waals surface area contributed by atoms with Gasteiger partial charge < -0.3 is 9.72 Å². The molecular weight excluding hydrogens is 460 g/mol. The molecule has 8 heteroatoms. The average molecular weight is 483 g/mol. The lowest BCUT2D eigenvalue weighted by atomic mass is 10.1. The number of nitrogens with one attached hydrogen (secondary N) is 1. The van der Waals surface area contributed by atoms with Crippen molar-refractivity contribution in [3.8, 4) is 0 Å². The summed E-state index contributed by atoms with van der Waals surface area (Å²) in [4.78, 5) is 22.1. The summed E-state index contributed by atoms with van der Waals surface area (Å²) in [6.07, 6.45) is 11.1. The summed E-state index contributed by atoms with van der Waals surface area (Å²) in [6, 6.07) is 13.9. The van der Waals surface area contributed by atoms with E-state index in [9.17, 15) is 4.79 Å². The van der Waals surface area contributed by atoms with Crippen molar-refractivity contribution in [2.24, 2.45) is 5.92 Å². The van der Waals surface area contributed by atoms with Crippen molar-refractivity contribution in [2.75, 3.05) is 5.32 Å². The summed E-state index contributed by atoms with van der Waals surface area (Å²) in [5, 5.41) is 9.12. The molecule has 5 aromatic rings. The van der Waals surface area contributed by atoms with Crippen LogP contribution in [0.25, 0.3) is 16.6 Å². The summed E-state index contributed by atoms with van der Waals surface area (Å²) in [7, 11) is 0. The fraction of sp³-hybridized carbons (Fsp3) is 0.259. The van der Waals surface area contributed by atoms with Gasteiger partial charge in [0.1, 0.15) is 11.5 Å². The molecule has 0 radical (unpaired) electrons. The molecule has 7 nitrogen and oxygen atoms in total. The van der Waals surface area contributed by atoms with E-state index in [0.29, 0.717) is 23.3 Å². The number of hydrogen-bond donors (Lipinski definition) is 1. The van der Waals surface area contributed by atoms with E-state index in [1.165, 1.54) is 18.4 Å². The van der Waals surface area contributed by atoms with E-state index >= 15 is 0 Å². The van der Waals surface area contributed by atoms with Gasteiger partial charge in [0.15, 0.2) is 0 Å².